The molecule has 4 rings (SSSR count). The first kappa shape index (κ1) is 16.7. The van der Waals surface area contributed by atoms with Gasteiger partial charge in [0.25, 0.3) is 0 Å². The first-order valence-corrected chi connectivity index (χ1v) is 8.75. The molecule has 0 aliphatic carbocycles. The molecule has 3 heterocycles. The molecular formula is C20H20N2O4. The summed E-state index contributed by atoms with van der Waals surface area (Å²) < 4.78 is 6.24. The molecule has 2 N–H and O–H groups in total. The van der Waals surface area contributed by atoms with Gasteiger partial charge in [-0.2, -0.15) is 0 Å². The number of carboxylic acids is 1. The molecule has 1 aromatic carbocycles. The van der Waals surface area contributed by atoms with E-state index in [-0.39, 0.29) is 11.3 Å². The van der Waals surface area contributed by atoms with Crippen LogP contribution >= 0.6 is 0 Å². The lowest BCUT2D eigenvalue weighted by Gasteiger charge is -2.41. The number of rotatable bonds is 2. The van der Waals surface area contributed by atoms with E-state index in [0.717, 1.165) is 31.5 Å². The molecule has 2 aromatic rings. The van der Waals surface area contributed by atoms with Crippen LogP contribution in [0.2, 0.25) is 0 Å². The van der Waals surface area contributed by atoms with Crippen molar-refractivity contribution in [1.29, 1.82) is 0 Å². The zero-order valence-electron chi connectivity index (χ0n) is 14.5. The highest BCUT2D eigenvalue weighted by Crippen LogP contribution is 2.40. The first-order valence-electron chi connectivity index (χ1n) is 8.75. The Labute approximate surface area is 151 Å². The topological polar surface area (TPSA) is 88.5 Å². The van der Waals surface area contributed by atoms with Crippen molar-refractivity contribution in [2.45, 2.75) is 31.8 Å². The van der Waals surface area contributed by atoms with Gasteiger partial charge in [-0.3, -0.25) is 9.78 Å². The number of carboxylic acid groups (broad SMARTS) is 1. The molecule has 134 valence electrons. The second-order valence-electron chi connectivity index (χ2n) is 6.98. The number of Topliss-reactive ketones (excluding diaryl/α,β-unsaturated/α-hetero) is 1. The Bertz CT molecular complexity index is 901. The van der Waals surface area contributed by atoms with Gasteiger partial charge in [-0.15, -0.1) is 0 Å². The van der Waals surface area contributed by atoms with Crippen LogP contribution in [0.1, 0.15) is 45.5 Å². The maximum atomic E-state index is 12.8. The van der Waals surface area contributed by atoms with Crippen molar-refractivity contribution in [2.75, 3.05) is 13.1 Å². The normalized spacial score (nSPS) is 18.3. The monoisotopic (exact) mass is 352 g/mol. The number of aromatic carboxylic acids is 1. The molecule has 0 bridgehead atoms. The fourth-order valence-electron chi connectivity index (χ4n) is 3.86. The number of hydrogen-bond acceptors (Lipinski definition) is 5. The van der Waals surface area contributed by atoms with Gasteiger partial charge >= 0.3 is 5.97 Å². The Morgan fingerprint density at radius 1 is 1.27 bits per heavy atom. The number of aromatic nitrogens is 1. The van der Waals surface area contributed by atoms with Crippen LogP contribution in [0.25, 0.3) is 11.3 Å². The van der Waals surface area contributed by atoms with Crippen molar-refractivity contribution in [3.8, 4) is 17.0 Å². The lowest BCUT2D eigenvalue weighted by Crippen LogP contribution is -2.49. The number of ether oxygens (including phenoxy) is 1. The number of benzene rings is 1. The number of fused-ring (bicyclic) bond motifs is 1. The van der Waals surface area contributed by atoms with Gasteiger partial charge in [0.2, 0.25) is 0 Å². The summed E-state index contributed by atoms with van der Waals surface area (Å²) >= 11 is 0. The average molecular weight is 352 g/mol. The first-order chi connectivity index (χ1) is 12.5. The summed E-state index contributed by atoms with van der Waals surface area (Å²) in [6.45, 7) is 3.44. The molecule has 6 heteroatoms. The van der Waals surface area contributed by atoms with Gasteiger partial charge in [0.05, 0.1) is 23.2 Å². The third kappa shape index (κ3) is 2.76. The van der Waals surface area contributed by atoms with Crippen LogP contribution in [-0.2, 0) is 0 Å². The molecule has 1 saturated heterocycles. The third-order valence-corrected chi connectivity index (χ3v) is 5.31. The van der Waals surface area contributed by atoms with E-state index < -0.39 is 11.6 Å². The van der Waals surface area contributed by atoms with Crippen molar-refractivity contribution in [3.63, 3.8) is 0 Å². The minimum Gasteiger partial charge on any atom is -0.486 e. The van der Waals surface area contributed by atoms with Crippen LogP contribution in [0.15, 0.2) is 30.5 Å². The van der Waals surface area contributed by atoms with Crippen LogP contribution in [0.3, 0.4) is 0 Å². The zero-order valence-corrected chi connectivity index (χ0v) is 14.5. The van der Waals surface area contributed by atoms with Gasteiger partial charge in [-0.05, 0) is 49.8 Å². The molecule has 1 spiro atoms. The molecule has 26 heavy (non-hydrogen) atoms. The van der Waals surface area contributed by atoms with Gasteiger partial charge in [0.1, 0.15) is 11.4 Å². The van der Waals surface area contributed by atoms with Crippen molar-refractivity contribution >= 4 is 11.8 Å². The SMILES string of the molecule is Cc1c(C(=O)O)ccnc1-c1ccc2c(c1)C(=O)CC1(CCNCC1)O2. The van der Waals surface area contributed by atoms with Crippen molar-refractivity contribution in [2.24, 2.45) is 0 Å². The van der Waals surface area contributed by atoms with Gasteiger partial charge in [-0.1, -0.05) is 0 Å². The smallest absolute Gasteiger partial charge is 0.336 e. The Morgan fingerprint density at radius 3 is 2.77 bits per heavy atom. The number of pyridine rings is 1. The van der Waals surface area contributed by atoms with Gasteiger partial charge in [0, 0.05) is 24.6 Å². The second-order valence-corrected chi connectivity index (χ2v) is 6.98. The van der Waals surface area contributed by atoms with E-state index in [1.54, 1.807) is 19.1 Å². The molecule has 6 nitrogen and oxygen atoms in total. The molecule has 0 atom stereocenters. The van der Waals surface area contributed by atoms with E-state index in [2.05, 4.69) is 10.3 Å². The summed E-state index contributed by atoms with van der Waals surface area (Å²) in [6, 6.07) is 6.90. The molecule has 0 saturated carbocycles. The van der Waals surface area contributed by atoms with Crippen LogP contribution in [0, 0.1) is 6.92 Å². The van der Waals surface area contributed by atoms with Crippen LogP contribution < -0.4 is 10.1 Å². The largest absolute Gasteiger partial charge is 0.486 e. The number of nitrogens with one attached hydrogen (secondary N) is 1. The van der Waals surface area contributed by atoms with E-state index in [1.165, 1.54) is 12.3 Å². The average Bonchev–Trinajstić information content (AvgIpc) is 2.62. The van der Waals surface area contributed by atoms with E-state index >= 15 is 0 Å². The van der Waals surface area contributed by atoms with E-state index in [0.29, 0.717) is 29.0 Å². The molecule has 1 aromatic heterocycles. The highest BCUT2D eigenvalue weighted by atomic mass is 16.5. The Morgan fingerprint density at radius 2 is 2.04 bits per heavy atom. The fourth-order valence-corrected chi connectivity index (χ4v) is 3.86. The van der Waals surface area contributed by atoms with E-state index in [4.69, 9.17) is 4.74 Å². The molecule has 0 radical (unpaired) electrons. The summed E-state index contributed by atoms with van der Waals surface area (Å²) in [7, 11) is 0. The Hall–Kier alpha value is -2.73. The van der Waals surface area contributed by atoms with Gasteiger partial charge in [-0.25, -0.2) is 4.79 Å². The Balaban J connectivity index is 1.73. The highest BCUT2D eigenvalue weighted by molar-refractivity contribution is 6.01. The predicted octanol–water partition coefficient (Wildman–Crippen LogP) is 2.84. The zero-order chi connectivity index (χ0) is 18.3. The summed E-state index contributed by atoms with van der Waals surface area (Å²) in [4.78, 5) is 28.5. The van der Waals surface area contributed by atoms with Gasteiger partial charge in [0.15, 0.2) is 5.78 Å². The highest BCUT2D eigenvalue weighted by Gasteiger charge is 2.41. The minimum atomic E-state index is -0.989. The second kappa shape index (κ2) is 6.21. The number of piperidine rings is 1. The molecule has 1 fully saturated rings. The Kier molecular flexibility index (Phi) is 4.00. The number of ketones is 1. The molecule has 0 amide bonds. The number of carbonyl (C=O) groups is 2. The van der Waals surface area contributed by atoms with E-state index in [1.807, 2.05) is 6.07 Å². The van der Waals surface area contributed by atoms with E-state index in [9.17, 15) is 14.7 Å². The van der Waals surface area contributed by atoms with Gasteiger partial charge < -0.3 is 15.2 Å². The summed E-state index contributed by atoms with van der Waals surface area (Å²) in [6.07, 6.45) is 3.50. The molecule has 0 unspecified atom stereocenters. The molecule has 2 aliphatic heterocycles. The van der Waals surface area contributed by atoms with Crippen molar-refractivity contribution in [3.05, 3.63) is 47.2 Å². The van der Waals surface area contributed by atoms with Crippen molar-refractivity contribution < 1.29 is 19.4 Å². The number of carbonyl (C=O) groups excluding carboxylic acids is 1. The van der Waals surface area contributed by atoms with Crippen molar-refractivity contribution in [1.82, 2.24) is 10.3 Å². The van der Waals surface area contributed by atoms with Crippen LogP contribution in [0.4, 0.5) is 0 Å². The lowest BCUT2D eigenvalue weighted by atomic mass is 9.82. The lowest BCUT2D eigenvalue weighted by molar-refractivity contribution is 0.0187. The molecule has 2 aliphatic rings. The number of nitrogens with zero attached hydrogens (tertiary/aromatic N) is 1. The standard InChI is InChI=1S/C20H20N2O4/c1-12-14(19(24)25)4-7-22-18(12)13-2-3-17-15(10-13)16(23)11-20(26-17)5-8-21-9-6-20/h2-4,7,10,21H,5-6,8-9,11H2,1H3,(H,24,25). The summed E-state index contributed by atoms with van der Waals surface area (Å²) in [5.41, 5.74) is 2.25. The maximum absolute atomic E-state index is 12.8. The quantitative estimate of drug-likeness (QED) is 0.864. The summed E-state index contributed by atoms with van der Waals surface area (Å²) in [5.74, 6) is -0.308. The predicted molar refractivity (Wildman–Crippen MR) is 95.8 cm³/mol. The molecular weight excluding hydrogens is 332 g/mol. The fraction of sp³-hybridized carbons (Fsp3) is 0.350. The minimum absolute atomic E-state index is 0.0713. The maximum Gasteiger partial charge on any atom is 0.336 e. The van der Waals surface area contributed by atoms with Crippen LogP contribution in [0.5, 0.6) is 5.75 Å². The summed E-state index contributed by atoms with van der Waals surface area (Å²) in [5, 5.41) is 12.6. The van der Waals surface area contributed by atoms with Crippen LogP contribution in [-0.4, -0.2) is 40.5 Å². The third-order valence-electron chi connectivity index (χ3n) is 5.31. The number of hydrogen-bond donors (Lipinski definition) is 2.